The van der Waals surface area contributed by atoms with Crippen LogP contribution in [0.15, 0.2) is 17.6 Å². The van der Waals surface area contributed by atoms with Gasteiger partial charge in [0.25, 0.3) is 0 Å². The van der Waals surface area contributed by atoms with Crippen molar-refractivity contribution in [1.29, 1.82) is 0 Å². The van der Waals surface area contributed by atoms with E-state index in [4.69, 9.17) is 4.74 Å². The van der Waals surface area contributed by atoms with Gasteiger partial charge in [0.05, 0.1) is 12.8 Å². The molecule has 7 nitrogen and oxygen atoms in total. The van der Waals surface area contributed by atoms with Gasteiger partial charge in [0.15, 0.2) is 0 Å². The molecule has 0 aromatic carbocycles. The zero-order chi connectivity index (χ0) is 18.7. The summed E-state index contributed by atoms with van der Waals surface area (Å²) in [5.74, 6) is 0.862. The van der Waals surface area contributed by atoms with Gasteiger partial charge in [-0.15, -0.1) is 11.3 Å². The third-order valence-electron chi connectivity index (χ3n) is 4.65. The third kappa shape index (κ3) is 3.60. The summed E-state index contributed by atoms with van der Waals surface area (Å²) in [6, 6.07) is 1.53. The summed E-state index contributed by atoms with van der Waals surface area (Å²) in [6.07, 6.45) is 3.85. The minimum absolute atomic E-state index is 0.193. The van der Waals surface area contributed by atoms with E-state index in [2.05, 4.69) is 28.7 Å². The number of rotatable bonds is 5. The molecule has 3 heterocycles. The van der Waals surface area contributed by atoms with Crippen molar-refractivity contribution in [3.05, 3.63) is 34.0 Å². The molecular formula is C18H24N4O3S. The second kappa shape index (κ2) is 7.90. The number of hydrogen-bond donors (Lipinski definition) is 1. The van der Waals surface area contributed by atoms with Crippen molar-refractivity contribution in [3.63, 3.8) is 0 Å². The Morgan fingerprint density at radius 2 is 2.27 bits per heavy atom. The van der Waals surface area contributed by atoms with E-state index in [1.165, 1.54) is 18.4 Å². The van der Waals surface area contributed by atoms with Crippen LogP contribution in [0, 0.1) is 6.92 Å². The van der Waals surface area contributed by atoms with Gasteiger partial charge in [-0.25, -0.2) is 14.6 Å². The van der Waals surface area contributed by atoms with Gasteiger partial charge >= 0.3 is 12.0 Å². The van der Waals surface area contributed by atoms with Crippen LogP contribution in [0.2, 0.25) is 0 Å². The molecule has 1 atom stereocenters. The lowest BCUT2D eigenvalue weighted by Gasteiger charge is -2.18. The number of aromatic nitrogens is 2. The van der Waals surface area contributed by atoms with Crippen LogP contribution in [0.5, 0.6) is 0 Å². The second-order valence-electron chi connectivity index (χ2n) is 6.43. The molecule has 1 saturated heterocycles. The summed E-state index contributed by atoms with van der Waals surface area (Å²) in [5.41, 5.74) is 1.66. The van der Waals surface area contributed by atoms with E-state index in [1.54, 1.807) is 16.3 Å². The lowest BCUT2D eigenvalue weighted by molar-refractivity contribution is 0.0607. The van der Waals surface area contributed by atoms with E-state index >= 15 is 0 Å². The predicted molar refractivity (Wildman–Crippen MR) is 101 cm³/mol. The SMILES string of the molecule is CCCn1c(C)cnc1C1CCN(C(=O)Nc2ccsc2C(=O)OC)C1. The van der Waals surface area contributed by atoms with Crippen molar-refractivity contribution < 1.29 is 14.3 Å². The first-order chi connectivity index (χ1) is 12.5. The summed E-state index contributed by atoms with van der Waals surface area (Å²) in [7, 11) is 1.33. The zero-order valence-corrected chi connectivity index (χ0v) is 16.1. The number of thiophene rings is 1. The van der Waals surface area contributed by atoms with Crippen LogP contribution >= 0.6 is 11.3 Å². The van der Waals surface area contributed by atoms with Gasteiger partial charge in [0.1, 0.15) is 10.7 Å². The standard InChI is InChI=1S/C18H24N4O3S/c1-4-7-22-12(2)10-19-16(22)13-5-8-21(11-13)18(24)20-14-6-9-26-15(14)17(23)25-3/h6,9-10,13H,4-5,7-8,11H2,1-3H3,(H,20,24). The molecule has 2 aromatic rings. The number of likely N-dealkylation sites (tertiary alicyclic amines) is 1. The lowest BCUT2D eigenvalue weighted by Crippen LogP contribution is -2.33. The molecule has 2 amide bonds. The predicted octanol–water partition coefficient (Wildman–Crippen LogP) is 3.47. The smallest absolute Gasteiger partial charge is 0.350 e. The molecule has 140 valence electrons. The Morgan fingerprint density at radius 3 is 3.00 bits per heavy atom. The monoisotopic (exact) mass is 376 g/mol. The molecule has 0 radical (unpaired) electrons. The van der Waals surface area contributed by atoms with E-state index < -0.39 is 5.97 Å². The van der Waals surface area contributed by atoms with E-state index in [1.807, 2.05) is 6.20 Å². The molecule has 26 heavy (non-hydrogen) atoms. The average Bonchev–Trinajstić information content (AvgIpc) is 3.35. The highest BCUT2D eigenvalue weighted by molar-refractivity contribution is 7.12. The molecule has 0 bridgehead atoms. The molecule has 3 rings (SSSR count). The molecule has 2 aromatic heterocycles. The number of carbonyl (C=O) groups excluding carboxylic acids is 2. The van der Waals surface area contributed by atoms with Crippen LogP contribution in [-0.2, 0) is 11.3 Å². The second-order valence-corrected chi connectivity index (χ2v) is 7.34. The molecular weight excluding hydrogens is 352 g/mol. The quantitative estimate of drug-likeness (QED) is 0.811. The molecule has 1 fully saturated rings. The van der Waals surface area contributed by atoms with Gasteiger partial charge in [-0.05, 0) is 31.2 Å². The van der Waals surface area contributed by atoms with Crippen LogP contribution in [-0.4, -0.2) is 46.7 Å². The normalized spacial score (nSPS) is 16.7. The van der Waals surface area contributed by atoms with Crippen LogP contribution in [0.1, 0.15) is 46.9 Å². The molecule has 0 spiro atoms. The van der Waals surface area contributed by atoms with Gasteiger partial charge in [0.2, 0.25) is 0 Å². The summed E-state index contributed by atoms with van der Waals surface area (Å²) < 4.78 is 7.00. The van der Waals surface area contributed by atoms with Gasteiger partial charge in [-0.1, -0.05) is 6.92 Å². The lowest BCUT2D eigenvalue weighted by atomic mass is 10.1. The van der Waals surface area contributed by atoms with E-state index in [9.17, 15) is 9.59 Å². The maximum absolute atomic E-state index is 12.6. The summed E-state index contributed by atoms with van der Waals surface area (Å²) in [4.78, 5) is 31.1. The Bertz CT molecular complexity index is 798. The Balaban J connectivity index is 1.67. The minimum Gasteiger partial charge on any atom is -0.465 e. The summed E-state index contributed by atoms with van der Waals surface area (Å²) in [5, 5.41) is 4.60. The number of nitrogens with zero attached hydrogens (tertiary/aromatic N) is 3. The van der Waals surface area contributed by atoms with Crippen molar-refractivity contribution in [2.75, 3.05) is 25.5 Å². The van der Waals surface area contributed by atoms with Crippen LogP contribution in [0.25, 0.3) is 0 Å². The zero-order valence-electron chi connectivity index (χ0n) is 15.3. The number of nitrogens with one attached hydrogen (secondary N) is 1. The first-order valence-electron chi connectivity index (χ1n) is 8.78. The highest BCUT2D eigenvalue weighted by atomic mass is 32.1. The minimum atomic E-state index is -0.438. The van der Waals surface area contributed by atoms with E-state index in [0.29, 0.717) is 23.7 Å². The van der Waals surface area contributed by atoms with Gasteiger partial charge < -0.3 is 19.5 Å². The highest BCUT2D eigenvalue weighted by Gasteiger charge is 2.31. The topological polar surface area (TPSA) is 76.5 Å². The fourth-order valence-electron chi connectivity index (χ4n) is 3.33. The number of methoxy groups -OCH3 is 1. The fourth-order valence-corrected chi connectivity index (χ4v) is 4.09. The first-order valence-corrected chi connectivity index (χ1v) is 9.66. The number of hydrogen-bond acceptors (Lipinski definition) is 5. The number of esters is 1. The highest BCUT2D eigenvalue weighted by Crippen LogP contribution is 2.29. The van der Waals surface area contributed by atoms with Gasteiger partial charge in [0, 0.05) is 37.4 Å². The average molecular weight is 376 g/mol. The van der Waals surface area contributed by atoms with Gasteiger partial charge in [-0.2, -0.15) is 0 Å². The Labute approximate surface area is 157 Å². The number of urea groups is 1. The van der Waals surface area contributed by atoms with Crippen LogP contribution in [0.4, 0.5) is 10.5 Å². The fraction of sp³-hybridized carbons (Fsp3) is 0.500. The number of amides is 2. The molecule has 0 aliphatic carbocycles. The molecule has 1 aliphatic rings. The van der Waals surface area contributed by atoms with Crippen molar-refractivity contribution >= 4 is 29.0 Å². The van der Waals surface area contributed by atoms with Crippen LogP contribution in [0.3, 0.4) is 0 Å². The number of anilines is 1. The third-order valence-corrected chi connectivity index (χ3v) is 5.55. The number of ether oxygens (including phenoxy) is 1. The van der Waals surface area contributed by atoms with Crippen LogP contribution < -0.4 is 5.32 Å². The van der Waals surface area contributed by atoms with Crippen molar-refractivity contribution in [1.82, 2.24) is 14.5 Å². The Morgan fingerprint density at radius 1 is 1.46 bits per heavy atom. The largest absolute Gasteiger partial charge is 0.465 e. The molecule has 8 heteroatoms. The Hall–Kier alpha value is -2.35. The summed E-state index contributed by atoms with van der Waals surface area (Å²) >= 11 is 1.25. The number of imidazole rings is 1. The maximum atomic E-state index is 12.6. The Kier molecular flexibility index (Phi) is 5.61. The van der Waals surface area contributed by atoms with Gasteiger partial charge in [-0.3, -0.25) is 0 Å². The first kappa shape index (κ1) is 18.4. The summed E-state index contributed by atoms with van der Waals surface area (Å²) in [6.45, 7) is 6.46. The molecule has 1 aliphatic heterocycles. The van der Waals surface area contributed by atoms with Crippen molar-refractivity contribution in [2.24, 2.45) is 0 Å². The van der Waals surface area contributed by atoms with E-state index in [0.717, 1.165) is 30.9 Å². The molecule has 1 unspecified atom stereocenters. The van der Waals surface area contributed by atoms with E-state index in [-0.39, 0.29) is 11.9 Å². The number of aryl methyl sites for hydroxylation is 1. The maximum Gasteiger partial charge on any atom is 0.350 e. The van der Waals surface area contributed by atoms with Crippen molar-refractivity contribution in [2.45, 2.75) is 39.2 Å². The molecule has 1 N–H and O–H groups in total. The van der Waals surface area contributed by atoms with Crippen molar-refractivity contribution in [3.8, 4) is 0 Å². The number of carbonyl (C=O) groups is 2. The molecule has 0 saturated carbocycles.